The second-order valence-corrected chi connectivity index (χ2v) is 7.31. The van der Waals surface area contributed by atoms with E-state index in [1.54, 1.807) is 40.1 Å². The van der Waals surface area contributed by atoms with E-state index in [0.29, 0.717) is 37.6 Å². The lowest BCUT2D eigenvalue weighted by molar-refractivity contribution is 0.0737. The molecular formula is C21H22N8O2. The zero-order valence-corrected chi connectivity index (χ0v) is 17.3. The summed E-state index contributed by atoms with van der Waals surface area (Å²) < 4.78 is 8.83. The molecule has 0 radical (unpaired) electrons. The van der Waals surface area contributed by atoms with Gasteiger partial charge in [0.15, 0.2) is 17.1 Å². The molecule has 0 aliphatic carbocycles. The van der Waals surface area contributed by atoms with E-state index in [4.69, 9.17) is 4.74 Å². The molecule has 0 unspecified atom stereocenters. The maximum absolute atomic E-state index is 13.2. The summed E-state index contributed by atoms with van der Waals surface area (Å²) in [4.78, 5) is 25.9. The summed E-state index contributed by atoms with van der Waals surface area (Å²) in [6.45, 7) is 2.45. The molecule has 4 aromatic rings. The molecule has 10 nitrogen and oxygen atoms in total. The number of fused-ring (bicyclic) bond motifs is 1. The Labute approximate surface area is 178 Å². The van der Waals surface area contributed by atoms with Gasteiger partial charge in [-0.15, -0.1) is 0 Å². The largest absolute Gasteiger partial charge is 0.493 e. The Morgan fingerprint density at radius 1 is 1.06 bits per heavy atom. The number of nitrogens with zero attached hydrogens (tertiary/aromatic N) is 8. The summed E-state index contributed by atoms with van der Waals surface area (Å²) in [6, 6.07) is 9.65. The van der Waals surface area contributed by atoms with Crippen molar-refractivity contribution >= 4 is 22.8 Å². The van der Waals surface area contributed by atoms with Crippen LogP contribution in [0.25, 0.3) is 16.7 Å². The topological polar surface area (TPSA) is 94.2 Å². The molecule has 0 N–H and O–H groups in total. The summed E-state index contributed by atoms with van der Waals surface area (Å²) in [6.07, 6.45) is 5.07. The van der Waals surface area contributed by atoms with Crippen molar-refractivity contribution in [2.24, 2.45) is 7.05 Å². The summed E-state index contributed by atoms with van der Waals surface area (Å²) in [5, 5.41) is 9.69. The number of methoxy groups -OCH3 is 1. The molecule has 1 aliphatic heterocycles. The van der Waals surface area contributed by atoms with Crippen molar-refractivity contribution in [1.29, 1.82) is 0 Å². The fourth-order valence-corrected chi connectivity index (χ4v) is 3.84. The normalized spacial score (nSPS) is 14.3. The van der Waals surface area contributed by atoms with Gasteiger partial charge in [-0.2, -0.15) is 10.2 Å². The minimum absolute atomic E-state index is 0.139. The molecule has 0 bridgehead atoms. The number of carbonyl (C=O) groups excluding carboxylic acids is 1. The number of hydrogen-bond donors (Lipinski definition) is 0. The van der Waals surface area contributed by atoms with Gasteiger partial charge in [0.2, 0.25) is 0 Å². The van der Waals surface area contributed by atoms with Crippen LogP contribution in [0.4, 0.5) is 5.82 Å². The first-order chi connectivity index (χ1) is 15.2. The maximum atomic E-state index is 13.2. The SMILES string of the molecule is COc1cn(-c2ccccc2)nc1C(=O)N1CCN(c2ncnc3c2cnn3C)CC1. The van der Waals surface area contributed by atoms with E-state index in [9.17, 15) is 4.79 Å². The van der Waals surface area contributed by atoms with Crippen molar-refractivity contribution in [1.82, 2.24) is 34.4 Å². The van der Waals surface area contributed by atoms with Gasteiger partial charge in [-0.3, -0.25) is 9.48 Å². The number of carbonyl (C=O) groups is 1. The second kappa shape index (κ2) is 7.71. The minimum atomic E-state index is -0.139. The third-order valence-electron chi connectivity index (χ3n) is 5.50. The van der Waals surface area contributed by atoms with Crippen molar-refractivity contribution in [3.63, 3.8) is 0 Å². The van der Waals surface area contributed by atoms with Gasteiger partial charge in [-0.25, -0.2) is 14.6 Å². The van der Waals surface area contributed by atoms with Crippen molar-refractivity contribution in [2.75, 3.05) is 38.2 Å². The predicted octanol–water partition coefficient (Wildman–Crippen LogP) is 1.52. The first-order valence-corrected chi connectivity index (χ1v) is 10.0. The number of para-hydroxylation sites is 1. The maximum Gasteiger partial charge on any atom is 0.278 e. The van der Waals surface area contributed by atoms with Crippen LogP contribution in [0.1, 0.15) is 10.5 Å². The second-order valence-electron chi connectivity index (χ2n) is 7.31. The Hall–Kier alpha value is -3.95. The van der Waals surface area contributed by atoms with E-state index < -0.39 is 0 Å². The lowest BCUT2D eigenvalue weighted by Gasteiger charge is -2.35. The molecule has 1 amide bonds. The lowest BCUT2D eigenvalue weighted by Crippen LogP contribution is -2.49. The van der Waals surface area contributed by atoms with E-state index >= 15 is 0 Å². The third kappa shape index (κ3) is 3.35. The van der Waals surface area contributed by atoms with Gasteiger partial charge in [0, 0.05) is 33.2 Å². The van der Waals surface area contributed by atoms with Crippen LogP contribution >= 0.6 is 0 Å². The number of ether oxygens (including phenoxy) is 1. The minimum Gasteiger partial charge on any atom is -0.493 e. The molecule has 0 atom stereocenters. The van der Waals surface area contributed by atoms with Crippen molar-refractivity contribution in [3.8, 4) is 11.4 Å². The number of rotatable bonds is 4. The number of amides is 1. The Balaban J connectivity index is 1.34. The fraction of sp³-hybridized carbons (Fsp3) is 0.286. The Bertz CT molecular complexity index is 1220. The van der Waals surface area contributed by atoms with Crippen molar-refractivity contribution < 1.29 is 9.53 Å². The average Bonchev–Trinajstić information content (AvgIpc) is 3.43. The van der Waals surface area contributed by atoms with Gasteiger partial charge in [-0.05, 0) is 12.1 Å². The summed E-state index contributed by atoms with van der Waals surface area (Å²) in [5.74, 6) is 1.17. The highest BCUT2D eigenvalue weighted by Crippen LogP contribution is 2.25. The Kier molecular flexibility index (Phi) is 4.73. The zero-order chi connectivity index (χ0) is 21.4. The van der Waals surface area contributed by atoms with Crippen LogP contribution in [0, 0.1) is 0 Å². The highest BCUT2D eigenvalue weighted by Gasteiger charge is 2.28. The first kappa shape index (κ1) is 19.0. The highest BCUT2D eigenvalue weighted by molar-refractivity contribution is 5.95. The summed E-state index contributed by atoms with van der Waals surface area (Å²) in [5.41, 5.74) is 1.98. The van der Waals surface area contributed by atoms with Gasteiger partial charge >= 0.3 is 0 Å². The number of piperazine rings is 1. The third-order valence-corrected chi connectivity index (χ3v) is 5.50. The molecule has 5 rings (SSSR count). The monoisotopic (exact) mass is 418 g/mol. The number of hydrogen-bond acceptors (Lipinski definition) is 7. The molecule has 1 fully saturated rings. The Morgan fingerprint density at radius 3 is 2.58 bits per heavy atom. The summed E-state index contributed by atoms with van der Waals surface area (Å²) in [7, 11) is 3.41. The van der Waals surface area contributed by atoms with Gasteiger partial charge in [0.05, 0.1) is 30.6 Å². The van der Waals surface area contributed by atoms with E-state index in [1.165, 1.54) is 0 Å². The van der Waals surface area contributed by atoms with E-state index in [0.717, 1.165) is 22.5 Å². The van der Waals surface area contributed by atoms with E-state index in [-0.39, 0.29) is 5.91 Å². The van der Waals surface area contributed by atoms with E-state index in [1.807, 2.05) is 37.4 Å². The van der Waals surface area contributed by atoms with Crippen LogP contribution in [0.3, 0.4) is 0 Å². The molecule has 31 heavy (non-hydrogen) atoms. The molecule has 1 aromatic carbocycles. The molecular weight excluding hydrogens is 396 g/mol. The first-order valence-electron chi connectivity index (χ1n) is 10.0. The van der Waals surface area contributed by atoms with Crippen LogP contribution < -0.4 is 9.64 Å². The zero-order valence-electron chi connectivity index (χ0n) is 17.3. The standard InChI is InChI=1S/C21H22N8O2/c1-26-19-16(12-24-26)20(23-14-22-19)27-8-10-28(11-9-27)21(30)18-17(31-2)13-29(25-18)15-6-4-3-5-7-15/h3-7,12-14H,8-11H2,1-2H3. The van der Waals surface area contributed by atoms with Crippen LogP contribution in [0.5, 0.6) is 5.75 Å². The molecule has 0 saturated carbocycles. The molecule has 4 heterocycles. The fourth-order valence-electron chi connectivity index (χ4n) is 3.84. The van der Waals surface area contributed by atoms with E-state index in [2.05, 4.69) is 25.1 Å². The average molecular weight is 418 g/mol. The smallest absolute Gasteiger partial charge is 0.278 e. The lowest BCUT2D eigenvalue weighted by atomic mass is 10.2. The van der Waals surface area contributed by atoms with Crippen molar-refractivity contribution in [2.45, 2.75) is 0 Å². The van der Waals surface area contributed by atoms with Gasteiger partial charge in [0.1, 0.15) is 12.1 Å². The predicted molar refractivity (Wildman–Crippen MR) is 115 cm³/mol. The molecule has 0 spiro atoms. The Morgan fingerprint density at radius 2 is 1.84 bits per heavy atom. The van der Waals surface area contributed by atoms with Crippen molar-refractivity contribution in [3.05, 3.63) is 54.7 Å². The van der Waals surface area contributed by atoms with Gasteiger partial charge < -0.3 is 14.5 Å². The van der Waals surface area contributed by atoms with Crippen LogP contribution in [0.15, 0.2) is 49.1 Å². The van der Waals surface area contributed by atoms with Gasteiger partial charge in [-0.1, -0.05) is 18.2 Å². The number of aromatic nitrogens is 6. The summed E-state index contributed by atoms with van der Waals surface area (Å²) >= 11 is 0. The highest BCUT2D eigenvalue weighted by atomic mass is 16.5. The number of aryl methyl sites for hydroxylation is 1. The quantitative estimate of drug-likeness (QED) is 0.496. The van der Waals surface area contributed by atoms with Crippen LogP contribution in [-0.4, -0.2) is 73.6 Å². The number of anilines is 1. The van der Waals surface area contributed by atoms with Crippen LogP contribution in [-0.2, 0) is 7.05 Å². The molecule has 1 saturated heterocycles. The molecule has 3 aromatic heterocycles. The molecule has 1 aliphatic rings. The molecule has 10 heteroatoms. The van der Waals surface area contributed by atoms with Crippen LogP contribution in [0.2, 0.25) is 0 Å². The van der Waals surface area contributed by atoms with Gasteiger partial charge in [0.25, 0.3) is 5.91 Å². The molecule has 158 valence electrons. The number of benzene rings is 1.